The van der Waals surface area contributed by atoms with Gasteiger partial charge < -0.3 is 19.1 Å². The van der Waals surface area contributed by atoms with E-state index in [-0.39, 0.29) is 18.8 Å². The molecule has 5 nitrogen and oxygen atoms in total. The summed E-state index contributed by atoms with van der Waals surface area (Å²) in [5, 5.41) is 0. The van der Waals surface area contributed by atoms with Crippen molar-refractivity contribution in [2.75, 3.05) is 32.5 Å². The smallest absolute Gasteiger partial charge is 0.258 e. The zero-order valence-corrected chi connectivity index (χ0v) is 9.88. The SMILES string of the molecule is COCOC1CN(c2ccc(OC)cc2)C1=O. The molecule has 92 valence electrons. The minimum absolute atomic E-state index is 0.0350. The molecule has 0 aromatic heterocycles. The van der Waals surface area contributed by atoms with Crippen molar-refractivity contribution in [1.29, 1.82) is 0 Å². The van der Waals surface area contributed by atoms with Gasteiger partial charge in [0.15, 0.2) is 6.10 Å². The predicted octanol–water partition coefficient (Wildman–Crippen LogP) is 1.03. The normalized spacial score (nSPS) is 19.1. The monoisotopic (exact) mass is 237 g/mol. The fourth-order valence-electron chi connectivity index (χ4n) is 1.66. The quantitative estimate of drug-likeness (QED) is 0.567. The van der Waals surface area contributed by atoms with Crippen LogP contribution in [0.25, 0.3) is 0 Å². The predicted molar refractivity (Wildman–Crippen MR) is 62.1 cm³/mol. The second-order valence-electron chi connectivity index (χ2n) is 3.71. The summed E-state index contributed by atoms with van der Waals surface area (Å²) in [5.41, 5.74) is 0.855. The molecule has 1 aliphatic heterocycles. The van der Waals surface area contributed by atoms with Crippen LogP contribution >= 0.6 is 0 Å². The highest BCUT2D eigenvalue weighted by Crippen LogP contribution is 2.25. The summed E-state index contributed by atoms with van der Waals surface area (Å²) in [6.45, 7) is 0.710. The Labute approximate surface area is 99.9 Å². The summed E-state index contributed by atoms with van der Waals surface area (Å²) in [6.07, 6.45) is -0.378. The first-order chi connectivity index (χ1) is 8.26. The molecule has 1 atom stereocenters. The van der Waals surface area contributed by atoms with Crippen LogP contribution in [0, 0.1) is 0 Å². The Bertz CT molecular complexity index is 390. The molecule has 0 aliphatic carbocycles. The van der Waals surface area contributed by atoms with E-state index in [4.69, 9.17) is 14.2 Å². The maximum atomic E-state index is 11.7. The van der Waals surface area contributed by atoms with Crippen molar-refractivity contribution < 1.29 is 19.0 Å². The zero-order valence-electron chi connectivity index (χ0n) is 9.88. The van der Waals surface area contributed by atoms with Gasteiger partial charge in [-0.05, 0) is 24.3 Å². The van der Waals surface area contributed by atoms with Gasteiger partial charge in [0.25, 0.3) is 5.91 Å². The lowest BCUT2D eigenvalue weighted by Gasteiger charge is -2.37. The van der Waals surface area contributed by atoms with E-state index in [2.05, 4.69) is 0 Å². The van der Waals surface area contributed by atoms with Crippen molar-refractivity contribution in [3.8, 4) is 5.75 Å². The van der Waals surface area contributed by atoms with Gasteiger partial charge in [-0.2, -0.15) is 0 Å². The van der Waals surface area contributed by atoms with Crippen LogP contribution in [0.5, 0.6) is 5.75 Å². The Kier molecular flexibility index (Phi) is 3.61. The number of amides is 1. The van der Waals surface area contributed by atoms with Crippen molar-refractivity contribution in [3.63, 3.8) is 0 Å². The van der Waals surface area contributed by atoms with Gasteiger partial charge in [0.05, 0.1) is 13.7 Å². The molecule has 1 unspecified atom stereocenters. The van der Waals surface area contributed by atoms with Crippen molar-refractivity contribution in [2.45, 2.75) is 6.10 Å². The van der Waals surface area contributed by atoms with E-state index in [9.17, 15) is 4.79 Å². The summed E-state index contributed by atoms with van der Waals surface area (Å²) < 4.78 is 15.0. The molecule has 0 spiro atoms. The lowest BCUT2D eigenvalue weighted by atomic mass is 10.1. The van der Waals surface area contributed by atoms with Crippen LogP contribution in [0.1, 0.15) is 0 Å². The highest BCUT2D eigenvalue weighted by molar-refractivity contribution is 6.03. The van der Waals surface area contributed by atoms with E-state index in [0.717, 1.165) is 11.4 Å². The topological polar surface area (TPSA) is 48.0 Å². The molecular formula is C12H15NO4. The number of hydrogen-bond donors (Lipinski definition) is 0. The molecule has 1 heterocycles. The van der Waals surface area contributed by atoms with Crippen LogP contribution in [-0.2, 0) is 14.3 Å². The molecule has 1 aromatic carbocycles. The van der Waals surface area contributed by atoms with Gasteiger partial charge in [0, 0.05) is 12.8 Å². The molecule has 0 N–H and O–H groups in total. The van der Waals surface area contributed by atoms with E-state index in [1.54, 1.807) is 12.0 Å². The fraction of sp³-hybridized carbons (Fsp3) is 0.417. The number of benzene rings is 1. The Morgan fingerprint density at radius 1 is 1.29 bits per heavy atom. The van der Waals surface area contributed by atoms with Gasteiger partial charge in [0.1, 0.15) is 12.5 Å². The second-order valence-corrected chi connectivity index (χ2v) is 3.71. The molecule has 0 radical (unpaired) electrons. The van der Waals surface area contributed by atoms with Crippen LogP contribution in [0.4, 0.5) is 5.69 Å². The summed E-state index contributed by atoms with van der Waals surface area (Å²) >= 11 is 0. The summed E-state index contributed by atoms with van der Waals surface area (Å²) in [4.78, 5) is 13.4. The van der Waals surface area contributed by atoms with Gasteiger partial charge in [-0.1, -0.05) is 0 Å². The van der Waals surface area contributed by atoms with E-state index < -0.39 is 0 Å². The highest BCUT2D eigenvalue weighted by Gasteiger charge is 2.38. The zero-order chi connectivity index (χ0) is 12.3. The number of carbonyl (C=O) groups is 1. The van der Waals surface area contributed by atoms with Crippen LogP contribution in [0.15, 0.2) is 24.3 Å². The number of anilines is 1. The molecule has 1 aliphatic rings. The van der Waals surface area contributed by atoms with Crippen LogP contribution in [0.3, 0.4) is 0 Å². The molecule has 5 heteroatoms. The Morgan fingerprint density at radius 3 is 2.53 bits per heavy atom. The molecule has 1 fully saturated rings. The second kappa shape index (κ2) is 5.16. The Hall–Kier alpha value is -1.59. The molecule has 1 aromatic rings. The van der Waals surface area contributed by atoms with Gasteiger partial charge in [-0.15, -0.1) is 0 Å². The number of rotatable bonds is 5. The number of nitrogens with zero attached hydrogens (tertiary/aromatic N) is 1. The first kappa shape index (κ1) is 11.9. The third-order valence-corrected chi connectivity index (χ3v) is 2.66. The van der Waals surface area contributed by atoms with Crippen molar-refractivity contribution >= 4 is 11.6 Å². The molecule has 1 amide bonds. The van der Waals surface area contributed by atoms with Gasteiger partial charge >= 0.3 is 0 Å². The van der Waals surface area contributed by atoms with Crippen molar-refractivity contribution in [2.24, 2.45) is 0 Å². The fourth-order valence-corrected chi connectivity index (χ4v) is 1.66. The van der Waals surface area contributed by atoms with Crippen LogP contribution < -0.4 is 9.64 Å². The maximum absolute atomic E-state index is 11.7. The summed E-state index contributed by atoms with van der Waals surface area (Å²) in [5.74, 6) is 0.737. The molecule has 2 rings (SSSR count). The lowest BCUT2D eigenvalue weighted by Crippen LogP contribution is -2.58. The molecule has 0 bridgehead atoms. The largest absolute Gasteiger partial charge is 0.497 e. The maximum Gasteiger partial charge on any atom is 0.258 e. The molecule has 1 saturated heterocycles. The Balaban J connectivity index is 1.94. The summed E-state index contributed by atoms with van der Waals surface area (Å²) in [7, 11) is 3.14. The van der Waals surface area contributed by atoms with Crippen LogP contribution in [-0.4, -0.2) is 39.6 Å². The molecule has 0 saturated carbocycles. The van der Waals surface area contributed by atoms with E-state index >= 15 is 0 Å². The van der Waals surface area contributed by atoms with Crippen molar-refractivity contribution in [1.82, 2.24) is 0 Å². The number of carbonyl (C=O) groups excluding carboxylic acids is 1. The molecule has 17 heavy (non-hydrogen) atoms. The average Bonchev–Trinajstić information content (AvgIpc) is 2.38. The molecular weight excluding hydrogens is 222 g/mol. The highest BCUT2D eigenvalue weighted by atomic mass is 16.7. The standard InChI is InChI=1S/C12H15NO4/c1-15-8-17-11-7-13(12(11)14)9-3-5-10(16-2)6-4-9/h3-6,11H,7-8H2,1-2H3. The average molecular weight is 237 g/mol. The van der Waals surface area contributed by atoms with Gasteiger partial charge in [0.2, 0.25) is 0 Å². The van der Waals surface area contributed by atoms with E-state index in [0.29, 0.717) is 6.54 Å². The Morgan fingerprint density at radius 2 is 2.00 bits per heavy atom. The number of ether oxygens (including phenoxy) is 3. The van der Waals surface area contributed by atoms with Gasteiger partial charge in [-0.3, -0.25) is 4.79 Å². The van der Waals surface area contributed by atoms with Crippen molar-refractivity contribution in [3.05, 3.63) is 24.3 Å². The summed E-state index contributed by atoms with van der Waals surface area (Å²) in [6, 6.07) is 7.35. The van der Waals surface area contributed by atoms with Crippen LogP contribution in [0.2, 0.25) is 0 Å². The lowest BCUT2D eigenvalue weighted by molar-refractivity contribution is -0.147. The first-order valence-electron chi connectivity index (χ1n) is 5.32. The number of hydrogen-bond acceptors (Lipinski definition) is 4. The third-order valence-electron chi connectivity index (χ3n) is 2.66. The number of methoxy groups -OCH3 is 2. The first-order valence-corrected chi connectivity index (χ1v) is 5.32. The third kappa shape index (κ3) is 2.40. The minimum Gasteiger partial charge on any atom is -0.497 e. The minimum atomic E-state index is -0.378. The number of β-lactam (4-membered cyclic amide) rings is 1. The van der Waals surface area contributed by atoms with E-state index in [1.807, 2.05) is 24.3 Å². The van der Waals surface area contributed by atoms with Gasteiger partial charge in [-0.25, -0.2) is 0 Å². The van der Waals surface area contributed by atoms with E-state index in [1.165, 1.54) is 7.11 Å².